The van der Waals surface area contributed by atoms with Crippen molar-refractivity contribution in [3.8, 4) is 0 Å². The number of rotatable bonds is 2. The third-order valence-corrected chi connectivity index (χ3v) is 3.02. The molecule has 1 atom stereocenters. The molecule has 0 aromatic heterocycles. The highest BCUT2D eigenvalue weighted by Crippen LogP contribution is 2.27. The van der Waals surface area contributed by atoms with Crippen molar-refractivity contribution >= 4 is 26.9 Å². The number of aryl methyl sites for hydroxylation is 1. The number of benzene rings is 1. The van der Waals surface area contributed by atoms with Crippen LogP contribution in [0.4, 0.5) is 4.79 Å². The first-order chi connectivity index (χ1) is 6.61. The largest absolute Gasteiger partial charge is 0.453 e. The first kappa shape index (κ1) is 11.5. The molecule has 0 fully saturated rings. The van der Waals surface area contributed by atoms with Crippen LogP contribution in [0.3, 0.4) is 0 Å². The Kier molecular flexibility index (Phi) is 4.35. The molecular weight excluding hydrogens is 216 g/mol. The number of carbonyl (C=O) groups excluding carboxylic acids is 1. The molecule has 0 heterocycles. The second-order valence-corrected chi connectivity index (χ2v) is 6.22. The van der Waals surface area contributed by atoms with Gasteiger partial charge in [0.25, 0.3) is 0 Å². The summed E-state index contributed by atoms with van der Waals surface area (Å²) in [5, 5.41) is -0.216. The van der Waals surface area contributed by atoms with Crippen molar-refractivity contribution in [2.24, 2.45) is 0 Å². The van der Waals surface area contributed by atoms with Crippen LogP contribution in [0, 0.1) is 6.92 Å². The minimum Gasteiger partial charge on any atom is -0.453 e. The van der Waals surface area contributed by atoms with Gasteiger partial charge in [-0.1, -0.05) is 24.3 Å². The smallest absolute Gasteiger partial charge is 0.355 e. The molecule has 78 valence electrons. The van der Waals surface area contributed by atoms with Gasteiger partial charge in [-0.3, -0.25) is 0 Å². The third kappa shape index (κ3) is 3.27. The summed E-state index contributed by atoms with van der Waals surface area (Å²) >= 11 is 4.06. The Morgan fingerprint density at radius 1 is 1.50 bits per heavy atom. The predicted octanol–water partition coefficient (Wildman–Crippen LogP) is 3.11. The average molecular weight is 230 g/mol. The Hall–Kier alpha value is -0.610. The highest BCUT2D eigenvalue weighted by molar-refractivity contribution is 8.84. The zero-order valence-electron chi connectivity index (χ0n) is 8.23. The van der Waals surface area contributed by atoms with Crippen LogP contribution in [0.25, 0.3) is 0 Å². The molecule has 0 N–H and O–H groups in total. The van der Waals surface area contributed by atoms with Crippen molar-refractivity contribution in [3.63, 3.8) is 0 Å². The first-order valence-electron chi connectivity index (χ1n) is 4.25. The average Bonchev–Trinajstić information content (AvgIpc) is 2.16. The predicted molar refractivity (Wildman–Crippen MR) is 65.3 cm³/mol. The maximum Gasteiger partial charge on any atom is 0.355 e. The Bertz CT molecular complexity index is 324. The second-order valence-electron chi connectivity index (χ2n) is 3.00. The highest BCUT2D eigenvalue weighted by atomic mass is 33.1. The van der Waals surface area contributed by atoms with Gasteiger partial charge >= 0.3 is 5.30 Å². The zero-order valence-corrected chi connectivity index (χ0v) is 10.0. The normalized spacial score (nSPS) is 13.5. The molecule has 0 aliphatic rings. The number of hydrogen-bond donors (Lipinski definition) is 2. The molecule has 0 spiro atoms. The van der Waals surface area contributed by atoms with Gasteiger partial charge in [-0.15, -0.1) is 21.6 Å². The van der Waals surface area contributed by atoms with Crippen LogP contribution in [-0.2, 0) is 11.3 Å². The minimum absolute atomic E-state index is 0.216. The van der Waals surface area contributed by atoms with Crippen LogP contribution >= 0.6 is 21.6 Å². The van der Waals surface area contributed by atoms with E-state index in [2.05, 4.69) is 11.7 Å². The SMILES string of the molecule is Cc1ccccc1COC(=O)[SH](C)S. The summed E-state index contributed by atoms with van der Waals surface area (Å²) in [6.07, 6.45) is 1.76. The molecule has 14 heavy (non-hydrogen) atoms. The van der Waals surface area contributed by atoms with Gasteiger partial charge in [-0.05, 0) is 24.3 Å². The molecule has 0 bridgehead atoms. The van der Waals surface area contributed by atoms with Crippen LogP contribution in [0.5, 0.6) is 0 Å². The molecule has 0 amide bonds. The van der Waals surface area contributed by atoms with Gasteiger partial charge in [0, 0.05) is 0 Å². The summed E-state index contributed by atoms with van der Waals surface area (Å²) in [7, 11) is -0.934. The van der Waals surface area contributed by atoms with E-state index in [9.17, 15) is 4.79 Å². The second kappa shape index (κ2) is 5.32. The van der Waals surface area contributed by atoms with E-state index < -0.39 is 9.93 Å². The number of hydrogen-bond acceptors (Lipinski definition) is 3. The third-order valence-electron chi connectivity index (χ3n) is 1.88. The molecule has 0 radical (unpaired) electrons. The topological polar surface area (TPSA) is 26.3 Å². The molecule has 0 saturated heterocycles. The van der Waals surface area contributed by atoms with Crippen molar-refractivity contribution in [2.45, 2.75) is 13.5 Å². The Morgan fingerprint density at radius 2 is 2.14 bits per heavy atom. The zero-order chi connectivity index (χ0) is 10.6. The molecule has 0 aliphatic heterocycles. The lowest BCUT2D eigenvalue weighted by Crippen LogP contribution is -2.01. The van der Waals surface area contributed by atoms with Gasteiger partial charge in [0.05, 0.1) is 0 Å². The van der Waals surface area contributed by atoms with Crippen molar-refractivity contribution in [1.82, 2.24) is 0 Å². The molecule has 1 aromatic carbocycles. The molecule has 1 unspecified atom stereocenters. The van der Waals surface area contributed by atoms with Gasteiger partial charge < -0.3 is 4.74 Å². The van der Waals surface area contributed by atoms with Gasteiger partial charge in [0.1, 0.15) is 6.61 Å². The van der Waals surface area contributed by atoms with Crippen molar-refractivity contribution in [3.05, 3.63) is 35.4 Å². The van der Waals surface area contributed by atoms with Crippen LogP contribution < -0.4 is 0 Å². The lowest BCUT2D eigenvalue weighted by Gasteiger charge is -2.10. The van der Waals surface area contributed by atoms with Gasteiger partial charge in [-0.25, -0.2) is 4.79 Å². The molecule has 0 saturated carbocycles. The van der Waals surface area contributed by atoms with Crippen molar-refractivity contribution in [2.75, 3.05) is 6.26 Å². The highest BCUT2D eigenvalue weighted by Gasteiger charge is 2.06. The number of carbonyl (C=O) groups is 1. The standard InChI is InChI=1S/C10H14O2S2/c1-8-5-3-4-6-9(8)7-12-10(11)14(2)13/h3-6,13-14H,7H2,1-2H3. The first-order valence-corrected chi connectivity index (χ1v) is 7.19. The number of ether oxygens (including phenoxy) is 1. The van der Waals surface area contributed by atoms with Crippen LogP contribution in [0.15, 0.2) is 24.3 Å². The Balaban J connectivity index is 2.54. The van der Waals surface area contributed by atoms with Gasteiger partial charge in [0.2, 0.25) is 0 Å². The maximum atomic E-state index is 11.2. The number of thiol groups is 2. The molecule has 1 aromatic rings. The Morgan fingerprint density at radius 3 is 2.71 bits per heavy atom. The van der Waals surface area contributed by atoms with Crippen LogP contribution in [0.2, 0.25) is 0 Å². The van der Waals surface area contributed by atoms with Crippen molar-refractivity contribution in [1.29, 1.82) is 0 Å². The van der Waals surface area contributed by atoms with E-state index >= 15 is 0 Å². The quantitative estimate of drug-likeness (QED) is 0.464. The molecule has 4 heteroatoms. The fourth-order valence-corrected chi connectivity index (χ4v) is 1.43. The molecule has 1 rings (SSSR count). The molecule has 2 nitrogen and oxygen atoms in total. The summed E-state index contributed by atoms with van der Waals surface area (Å²) in [6, 6.07) is 7.86. The summed E-state index contributed by atoms with van der Waals surface area (Å²) < 4.78 is 5.08. The lowest BCUT2D eigenvalue weighted by molar-refractivity contribution is 0.168. The fraction of sp³-hybridized carbons (Fsp3) is 0.300. The fourth-order valence-electron chi connectivity index (χ4n) is 1.00. The lowest BCUT2D eigenvalue weighted by atomic mass is 10.1. The summed E-state index contributed by atoms with van der Waals surface area (Å²) in [6.45, 7) is 2.34. The van der Waals surface area contributed by atoms with Gasteiger partial charge in [-0.2, -0.15) is 0 Å². The summed E-state index contributed by atoms with van der Waals surface area (Å²) in [5.74, 6) is 0. The van der Waals surface area contributed by atoms with Gasteiger partial charge in [0.15, 0.2) is 0 Å². The van der Waals surface area contributed by atoms with Crippen LogP contribution in [-0.4, -0.2) is 11.6 Å². The van der Waals surface area contributed by atoms with Crippen LogP contribution in [0.1, 0.15) is 11.1 Å². The Labute approximate surface area is 91.8 Å². The maximum absolute atomic E-state index is 11.2. The molecular formula is C10H14O2S2. The summed E-state index contributed by atoms with van der Waals surface area (Å²) in [5.41, 5.74) is 2.19. The van der Waals surface area contributed by atoms with E-state index in [0.717, 1.165) is 11.1 Å². The van der Waals surface area contributed by atoms with E-state index in [-0.39, 0.29) is 5.30 Å². The summed E-state index contributed by atoms with van der Waals surface area (Å²) in [4.78, 5) is 11.2. The van der Waals surface area contributed by atoms with E-state index in [1.807, 2.05) is 31.2 Å². The monoisotopic (exact) mass is 230 g/mol. The molecule has 0 aliphatic carbocycles. The van der Waals surface area contributed by atoms with E-state index in [4.69, 9.17) is 4.74 Å². The minimum atomic E-state index is -0.934. The van der Waals surface area contributed by atoms with E-state index in [1.54, 1.807) is 6.26 Å². The van der Waals surface area contributed by atoms with Crippen molar-refractivity contribution < 1.29 is 9.53 Å². The van der Waals surface area contributed by atoms with E-state index in [0.29, 0.717) is 6.61 Å². The van der Waals surface area contributed by atoms with E-state index in [1.165, 1.54) is 0 Å².